The summed E-state index contributed by atoms with van der Waals surface area (Å²) in [6, 6.07) is 10.2. The van der Waals surface area contributed by atoms with Crippen LogP contribution < -0.4 is 19.5 Å². The molecule has 0 saturated heterocycles. The minimum absolute atomic E-state index is 0.0445. The van der Waals surface area contributed by atoms with E-state index in [4.69, 9.17) is 9.47 Å². The number of halogens is 1. The van der Waals surface area contributed by atoms with Crippen molar-refractivity contribution in [1.29, 1.82) is 0 Å². The average molecular weight is 396 g/mol. The van der Waals surface area contributed by atoms with E-state index in [1.165, 1.54) is 44.6 Å². The fourth-order valence-electron chi connectivity index (χ4n) is 2.25. The van der Waals surface area contributed by atoms with Crippen LogP contribution in [0.25, 0.3) is 0 Å². The summed E-state index contributed by atoms with van der Waals surface area (Å²) in [7, 11) is -0.680. The Morgan fingerprint density at radius 2 is 1.78 bits per heavy atom. The molecule has 0 aromatic heterocycles. The molecule has 7 nitrogen and oxygen atoms in total. The summed E-state index contributed by atoms with van der Waals surface area (Å²) in [5, 5.41) is 2.54. The SMILES string of the molecule is COc1ccc(C(=O)NCCS(=O)(=O)NCc2ccc(F)cc2)c(OC)c1. The van der Waals surface area contributed by atoms with Gasteiger partial charge in [0, 0.05) is 19.2 Å². The van der Waals surface area contributed by atoms with E-state index in [0.29, 0.717) is 17.1 Å². The summed E-state index contributed by atoms with van der Waals surface area (Å²) >= 11 is 0. The van der Waals surface area contributed by atoms with Crippen LogP contribution in [0.15, 0.2) is 42.5 Å². The molecule has 9 heteroatoms. The van der Waals surface area contributed by atoms with E-state index in [1.54, 1.807) is 12.1 Å². The van der Waals surface area contributed by atoms with Crippen molar-refractivity contribution in [1.82, 2.24) is 10.0 Å². The third-order valence-electron chi connectivity index (χ3n) is 3.72. The molecule has 27 heavy (non-hydrogen) atoms. The normalized spacial score (nSPS) is 11.1. The molecule has 0 aliphatic heterocycles. The van der Waals surface area contributed by atoms with Gasteiger partial charge in [-0.05, 0) is 29.8 Å². The van der Waals surface area contributed by atoms with Crippen LogP contribution in [0.3, 0.4) is 0 Å². The van der Waals surface area contributed by atoms with Crippen molar-refractivity contribution in [3.05, 3.63) is 59.4 Å². The lowest BCUT2D eigenvalue weighted by atomic mass is 10.2. The highest BCUT2D eigenvalue weighted by Gasteiger charge is 2.15. The van der Waals surface area contributed by atoms with Crippen molar-refractivity contribution in [3.63, 3.8) is 0 Å². The standard InChI is InChI=1S/C18H21FN2O5S/c1-25-15-7-8-16(17(11-15)26-2)18(22)20-9-10-27(23,24)21-12-13-3-5-14(19)6-4-13/h3-8,11,21H,9-10,12H2,1-2H3,(H,20,22). The van der Waals surface area contributed by atoms with Crippen molar-refractivity contribution in [3.8, 4) is 11.5 Å². The second kappa shape index (κ2) is 9.33. The van der Waals surface area contributed by atoms with Gasteiger partial charge in [0.1, 0.15) is 17.3 Å². The summed E-state index contributed by atoms with van der Waals surface area (Å²) in [4.78, 5) is 12.2. The number of ether oxygens (including phenoxy) is 2. The Bertz CT molecular complexity index is 885. The molecule has 0 fully saturated rings. The van der Waals surface area contributed by atoms with Gasteiger partial charge in [-0.25, -0.2) is 17.5 Å². The first kappa shape index (κ1) is 20.7. The van der Waals surface area contributed by atoms with Gasteiger partial charge >= 0.3 is 0 Å². The summed E-state index contributed by atoms with van der Waals surface area (Å²) in [5.41, 5.74) is 0.905. The van der Waals surface area contributed by atoms with Crippen molar-refractivity contribution in [2.45, 2.75) is 6.54 Å². The second-order valence-electron chi connectivity index (χ2n) is 5.59. The molecule has 146 valence electrons. The molecular weight excluding hydrogens is 375 g/mol. The number of hydrogen-bond acceptors (Lipinski definition) is 5. The topological polar surface area (TPSA) is 93.7 Å². The van der Waals surface area contributed by atoms with E-state index < -0.39 is 21.7 Å². The molecule has 1 amide bonds. The van der Waals surface area contributed by atoms with Gasteiger partial charge in [-0.1, -0.05) is 12.1 Å². The molecule has 2 N–H and O–H groups in total. The third-order valence-corrected chi connectivity index (χ3v) is 5.04. The molecule has 0 atom stereocenters. The summed E-state index contributed by atoms with van der Waals surface area (Å²) < 4.78 is 49.5. The molecule has 0 spiro atoms. The van der Waals surface area contributed by atoms with Crippen molar-refractivity contribution >= 4 is 15.9 Å². The van der Waals surface area contributed by atoms with Gasteiger partial charge in [-0.15, -0.1) is 0 Å². The molecule has 0 aliphatic rings. The predicted octanol–water partition coefficient (Wildman–Crippen LogP) is 1.69. The zero-order valence-corrected chi connectivity index (χ0v) is 15.8. The number of nitrogens with one attached hydrogen (secondary N) is 2. The quantitative estimate of drug-likeness (QED) is 0.673. The van der Waals surface area contributed by atoms with Crippen LogP contribution in [0.1, 0.15) is 15.9 Å². The number of rotatable bonds is 9. The molecule has 0 bridgehead atoms. The average Bonchev–Trinajstić information content (AvgIpc) is 2.66. The summed E-state index contributed by atoms with van der Waals surface area (Å²) in [5.74, 6) is -0.278. The molecule has 0 unspecified atom stereocenters. The molecule has 2 rings (SSSR count). The highest BCUT2D eigenvalue weighted by Crippen LogP contribution is 2.24. The predicted molar refractivity (Wildman–Crippen MR) is 98.9 cm³/mol. The van der Waals surface area contributed by atoms with Crippen LogP contribution in [0.2, 0.25) is 0 Å². The van der Waals surface area contributed by atoms with E-state index in [9.17, 15) is 17.6 Å². The molecule has 0 aliphatic carbocycles. The fourth-order valence-corrected chi connectivity index (χ4v) is 3.15. The molecule has 0 radical (unpaired) electrons. The maximum absolute atomic E-state index is 12.8. The van der Waals surface area contributed by atoms with Crippen LogP contribution in [0, 0.1) is 5.82 Å². The number of benzene rings is 2. The van der Waals surface area contributed by atoms with Crippen LogP contribution in [0.4, 0.5) is 4.39 Å². The van der Waals surface area contributed by atoms with Crippen LogP contribution in [0.5, 0.6) is 11.5 Å². The molecule has 2 aromatic carbocycles. The first-order valence-corrected chi connectivity index (χ1v) is 9.72. The first-order chi connectivity index (χ1) is 12.8. The maximum Gasteiger partial charge on any atom is 0.255 e. The third kappa shape index (κ3) is 6.22. The van der Waals surface area contributed by atoms with E-state index in [1.807, 2.05) is 0 Å². The fraction of sp³-hybridized carbons (Fsp3) is 0.278. The van der Waals surface area contributed by atoms with Crippen molar-refractivity contribution in [2.75, 3.05) is 26.5 Å². The number of sulfonamides is 1. The second-order valence-corrected chi connectivity index (χ2v) is 7.51. The number of carbonyl (C=O) groups is 1. The van der Waals surface area contributed by atoms with Crippen molar-refractivity contribution < 1.29 is 27.1 Å². The number of carbonyl (C=O) groups excluding carboxylic acids is 1. The first-order valence-electron chi connectivity index (χ1n) is 8.06. The van der Waals surface area contributed by atoms with Gasteiger partial charge < -0.3 is 14.8 Å². The molecular formula is C18H21FN2O5S. The van der Waals surface area contributed by atoms with E-state index >= 15 is 0 Å². The van der Waals surface area contributed by atoms with Crippen LogP contribution in [-0.4, -0.2) is 40.8 Å². The Hall–Kier alpha value is -2.65. The van der Waals surface area contributed by atoms with E-state index in [-0.39, 0.29) is 24.4 Å². The smallest absolute Gasteiger partial charge is 0.255 e. The largest absolute Gasteiger partial charge is 0.497 e. The zero-order valence-electron chi connectivity index (χ0n) is 15.0. The minimum Gasteiger partial charge on any atom is -0.497 e. The van der Waals surface area contributed by atoms with E-state index in [2.05, 4.69) is 10.0 Å². The Kier molecular flexibility index (Phi) is 7.14. The summed E-state index contributed by atoms with van der Waals surface area (Å²) in [6.45, 7) is -0.0321. The van der Waals surface area contributed by atoms with Crippen LogP contribution >= 0.6 is 0 Å². The van der Waals surface area contributed by atoms with Gasteiger partial charge in [0.25, 0.3) is 5.91 Å². The van der Waals surface area contributed by atoms with Gasteiger partial charge in [-0.3, -0.25) is 4.79 Å². The molecule has 2 aromatic rings. The number of hydrogen-bond donors (Lipinski definition) is 2. The van der Waals surface area contributed by atoms with Gasteiger partial charge in [0.2, 0.25) is 10.0 Å². The van der Waals surface area contributed by atoms with Crippen molar-refractivity contribution in [2.24, 2.45) is 0 Å². The van der Waals surface area contributed by atoms with Gasteiger partial charge in [0.15, 0.2) is 0 Å². The minimum atomic E-state index is -3.60. The van der Waals surface area contributed by atoms with Crippen LogP contribution in [-0.2, 0) is 16.6 Å². The molecule has 0 heterocycles. The Balaban J connectivity index is 1.87. The Morgan fingerprint density at radius 1 is 1.07 bits per heavy atom. The lowest BCUT2D eigenvalue weighted by molar-refractivity contribution is 0.0953. The Morgan fingerprint density at radius 3 is 2.41 bits per heavy atom. The van der Waals surface area contributed by atoms with Gasteiger partial charge in [-0.2, -0.15) is 0 Å². The summed E-state index contributed by atoms with van der Waals surface area (Å²) in [6.07, 6.45) is 0. The lowest BCUT2D eigenvalue weighted by Crippen LogP contribution is -2.34. The molecule has 0 saturated carbocycles. The number of methoxy groups -OCH3 is 2. The maximum atomic E-state index is 12.8. The monoisotopic (exact) mass is 396 g/mol. The Labute approximate surface area is 157 Å². The van der Waals surface area contributed by atoms with E-state index in [0.717, 1.165) is 0 Å². The lowest BCUT2D eigenvalue weighted by Gasteiger charge is -2.11. The van der Waals surface area contributed by atoms with Gasteiger partial charge in [0.05, 0.1) is 25.5 Å². The highest BCUT2D eigenvalue weighted by molar-refractivity contribution is 7.89. The number of amides is 1. The highest BCUT2D eigenvalue weighted by atomic mass is 32.2. The zero-order chi connectivity index (χ0) is 19.9.